The highest BCUT2D eigenvalue weighted by atomic mass is 32.1. The molecule has 23 heavy (non-hydrogen) atoms. The average Bonchev–Trinajstić information content (AvgIpc) is 3.12. The Morgan fingerprint density at radius 2 is 1.91 bits per heavy atom. The number of hydrogen-bond acceptors (Lipinski definition) is 5. The number of anilines is 1. The van der Waals surface area contributed by atoms with Gasteiger partial charge in [-0.15, -0.1) is 0 Å². The summed E-state index contributed by atoms with van der Waals surface area (Å²) in [6.07, 6.45) is 0. The van der Waals surface area contributed by atoms with Crippen molar-refractivity contribution in [2.45, 2.75) is 0 Å². The lowest BCUT2D eigenvalue weighted by molar-refractivity contribution is 0.102. The molecule has 0 radical (unpaired) electrons. The zero-order valence-electron chi connectivity index (χ0n) is 11.4. The van der Waals surface area contributed by atoms with E-state index in [0.29, 0.717) is 22.1 Å². The van der Waals surface area contributed by atoms with Crippen LogP contribution in [0.3, 0.4) is 0 Å². The van der Waals surface area contributed by atoms with Crippen LogP contribution in [0, 0.1) is 11.6 Å². The van der Waals surface area contributed by atoms with Crippen molar-refractivity contribution in [3.05, 3.63) is 47.5 Å². The van der Waals surface area contributed by atoms with Gasteiger partial charge < -0.3 is 9.47 Å². The van der Waals surface area contributed by atoms with Gasteiger partial charge in [0, 0.05) is 17.7 Å². The summed E-state index contributed by atoms with van der Waals surface area (Å²) < 4.78 is 37.5. The van der Waals surface area contributed by atoms with Gasteiger partial charge in [-0.25, -0.2) is 13.8 Å². The maximum atomic E-state index is 13.2. The van der Waals surface area contributed by atoms with Gasteiger partial charge in [-0.1, -0.05) is 11.3 Å². The summed E-state index contributed by atoms with van der Waals surface area (Å²) in [5.74, 6) is -1.42. The van der Waals surface area contributed by atoms with E-state index >= 15 is 0 Å². The second kappa shape index (κ2) is 5.17. The van der Waals surface area contributed by atoms with Gasteiger partial charge in [0.05, 0.1) is 10.2 Å². The van der Waals surface area contributed by atoms with Crippen molar-refractivity contribution < 1.29 is 23.0 Å². The number of nitrogens with one attached hydrogen (secondary N) is 1. The van der Waals surface area contributed by atoms with Crippen molar-refractivity contribution >= 4 is 32.6 Å². The molecule has 3 aromatic rings. The zero-order chi connectivity index (χ0) is 16.0. The van der Waals surface area contributed by atoms with Crippen molar-refractivity contribution in [3.8, 4) is 11.5 Å². The van der Waals surface area contributed by atoms with Gasteiger partial charge in [0.2, 0.25) is 6.79 Å². The van der Waals surface area contributed by atoms with Gasteiger partial charge in [-0.05, 0) is 18.2 Å². The minimum absolute atomic E-state index is 0.0114. The zero-order valence-corrected chi connectivity index (χ0v) is 12.2. The topological polar surface area (TPSA) is 60.5 Å². The average molecular weight is 334 g/mol. The fourth-order valence-corrected chi connectivity index (χ4v) is 3.05. The fourth-order valence-electron chi connectivity index (χ4n) is 2.18. The monoisotopic (exact) mass is 334 g/mol. The van der Waals surface area contributed by atoms with E-state index in [0.717, 1.165) is 16.8 Å². The number of thiazole rings is 1. The molecule has 2 aromatic carbocycles. The molecule has 0 bridgehead atoms. The molecule has 1 aliphatic heterocycles. The van der Waals surface area contributed by atoms with Gasteiger partial charge in [0.15, 0.2) is 28.3 Å². The van der Waals surface area contributed by atoms with E-state index < -0.39 is 17.5 Å². The summed E-state index contributed by atoms with van der Waals surface area (Å²) in [6.45, 7) is 0.173. The van der Waals surface area contributed by atoms with Crippen molar-refractivity contribution in [1.29, 1.82) is 0 Å². The van der Waals surface area contributed by atoms with Gasteiger partial charge in [0.1, 0.15) is 0 Å². The van der Waals surface area contributed by atoms with Crippen LogP contribution in [-0.2, 0) is 0 Å². The number of nitrogens with zero attached hydrogens (tertiary/aromatic N) is 1. The number of aromatic nitrogens is 1. The Balaban J connectivity index is 1.62. The van der Waals surface area contributed by atoms with Crippen LogP contribution in [0.25, 0.3) is 10.2 Å². The Morgan fingerprint density at radius 3 is 2.70 bits per heavy atom. The van der Waals surface area contributed by atoms with E-state index in [-0.39, 0.29) is 12.4 Å². The summed E-state index contributed by atoms with van der Waals surface area (Å²) in [5.41, 5.74) is 0.664. The van der Waals surface area contributed by atoms with Crippen molar-refractivity contribution in [2.24, 2.45) is 0 Å². The van der Waals surface area contributed by atoms with Crippen molar-refractivity contribution in [3.63, 3.8) is 0 Å². The van der Waals surface area contributed by atoms with E-state index in [2.05, 4.69) is 10.3 Å². The number of halogens is 2. The maximum Gasteiger partial charge on any atom is 0.257 e. The van der Waals surface area contributed by atoms with Crippen LogP contribution in [0.15, 0.2) is 30.3 Å². The first-order valence-corrected chi connectivity index (χ1v) is 7.38. The van der Waals surface area contributed by atoms with Gasteiger partial charge >= 0.3 is 0 Å². The number of benzene rings is 2. The van der Waals surface area contributed by atoms with Crippen molar-refractivity contribution in [2.75, 3.05) is 12.1 Å². The quantitative estimate of drug-likeness (QED) is 0.778. The molecule has 4 rings (SSSR count). The third kappa shape index (κ3) is 2.46. The van der Waals surface area contributed by atoms with Gasteiger partial charge in [-0.2, -0.15) is 0 Å². The molecule has 1 aliphatic rings. The van der Waals surface area contributed by atoms with Crippen LogP contribution in [0.1, 0.15) is 10.4 Å². The maximum absolute atomic E-state index is 13.2. The molecule has 0 spiro atoms. The Hall–Kier alpha value is -2.74. The van der Waals surface area contributed by atoms with Crippen LogP contribution in [0.4, 0.5) is 13.9 Å². The lowest BCUT2D eigenvalue weighted by Crippen LogP contribution is -2.12. The number of hydrogen-bond donors (Lipinski definition) is 1. The van der Waals surface area contributed by atoms with E-state index in [9.17, 15) is 13.6 Å². The lowest BCUT2D eigenvalue weighted by atomic mass is 10.2. The van der Waals surface area contributed by atoms with E-state index in [1.165, 1.54) is 17.4 Å². The smallest absolute Gasteiger partial charge is 0.257 e. The van der Waals surface area contributed by atoms with E-state index in [4.69, 9.17) is 9.47 Å². The molecule has 5 nitrogen and oxygen atoms in total. The summed E-state index contributed by atoms with van der Waals surface area (Å²) in [7, 11) is 0. The Kier molecular flexibility index (Phi) is 3.12. The minimum Gasteiger partial charge on any atom is -0.454 e. The van der Waals surface area contributed by atoms with E-state index in [1.807, 2.05) is 0 Å². The van der Waals surface area contributed by atoms with Crippen LogP contribution in [0.2, 0.25) is 0 Å². The first kappa shape index (κ1) is 13.9. The second-order valence-electron chi connectivity index (χ2n) is 4.78. The molecule has 1 amide bonds. The second-order valence-corrected chi connectivity index (χ2v) is 5.81. The normalized spacial score (nSPS) is 12.6. The third-order valence-electron chi connectivity index (χ3n) is 3.29. The molecule has 0 atom stereocenters. The molecule has 0 saturated heterocycles. The van der Waals surface area contributed by atoms with Crippen LogP contribution < -0.4 is 14.8 Å². The molecular formula is C15H8F2N2O3S. The standard InChI is InChI=1S/C15H8F2N2O3S/c16-8-2-1-7(3-9(8)17)14(20)19-15-18-10-4-11-12(22-6-21-11)5-13(10)23-15/h1-5H,6H2,(H,18,19,20). The summed E-state index contributed by atoms with van der Waals surface area (Å²) >= 11 is 1.25. The Labute approximate surface area is 132 Å². The van der Waals surface area contributed by atoms with Crippen molar-refractivity contribution in [1.82, 2.24) is 4.98 Å². The Morgan fingerprint density at radius 1 is 1.13 bits per heavy atom. The molecule has 8 heteroatoms. The van der Waals surface area contributed by atoms with Crippen LogP contribution in [0.5, 0.6) is 11.5 Å². The molecule has 0 saturated carbocycles. The van der Waals surface area contributed by atoms with Gasteiger partial charge in [0.25, 0.3) is 5.91 Å². The molecule has 0 aliphatic carbocycles. The van der Waals surface area contributed by atoms with Gasteiger partial charge in [-0.3, -0.25) is 10.1 Å². The minimum atomic E-state index is -1.08. The van der Waals surface area contributed by atoms with E-state index in [1.54, 1.807) is 12.1 Å². The third-order valence-corrected chi connectivity index (χ3v) is 4.22. The number of fused-ring (bicyclic) bond motifs is 2. The molecule has 116 valence electrons. The number of amides is 1. The van der Waals surface area contributed by atoms with Crippen LogP contribution in [-0.4, -0.2) is 17.7 Å². The first-order valence-electron chi connectivity index (χ1n) is 6.57. The fraction of sp³-hybridized carbons (Fsp3) is 0.0667. The predicted octanol–water partition coefficient (Wildman–Crippen LogP) is 3.56. The summed E-state index contributed by atoms with van der Waals surface area (Å²) in [4.78, 5) is 16.4. The number of rotatable bonds is 2. The summed E-state index contributed by atoms with van der Waals surface area (Å²) in [6, 6.07) is 6.46. The molecular weight excluding hydrogens is 326 g/mol. The lowest BCUT2D eigenvalue weighted by Gasteiger charge is -2.01. The number of carbonyl (C=O) groups excluding carboxylic acids is 1. The molecule has 2 heterocycles. The predicted molar refractivity (Wildman–Crippen MR) is 80.1 cm³/mol. The first-order chi connectivity index (χ1) is 11.1. The molecule has 0 unspecified atom stereocenters. The highest BCUT2D eigenvalue weighted by Crippen LogP contribution is 2.39. The number of carbonyl (C=O) groups is 1. The number of ether oxygens (including phenoxy) is 2. The highest BCUT2D eigenvalue weighted by molar-refractivity contribution is 7.22. The molecule has 1 aromatic heterocycles. The molecule has 1 N–H and O–H groups in total. The SMILES string of the molecule is O=C(Nc1nc2cc3c(cc2s1)OCO3)c1ccc(F)c(F)c1. The van der Waals surface area contributed by atoms with Crippen LogP contribution >= 0.6 is 11.3 Å². The molecule has 0 fully saturated rings. The highest BCUT2D eigenvalue weighted by Gasteiger charge is 2.18. The summed E-state index contributed by atoms with van der Waals surface area (Å²) in [5, 5.41) is 2.91. The largest absolute Gasteiger partial charge is 0.454 e. The Bertz CT molecular complexity index is 901.